The van der Waals surface area contributed by atoms with Crippen LogP contribution >= 0.6 is 0 Å². The van der Waals surface area contributed by atoms with Gasteiger partial charge in [-0.1, -0.05) is 18.7 Å². The summed E-state index contributed by atoms with van der Waals surface area (Å²) in [5.41, 5.74) is 7.20. The Kier molecular flexibility index (Phi) is 2.54. The highest BCUT2D eigenvalue weighted by molar-refractivity contribution is 5.88. The Balaban J connectivity index is 2.98. The number of benzene rings is 1. The average molecular weight is 178 g/mol. The van der Waals surface area contributed by atoms with Crippen LogP contribution in [0.1, 0.15) is 5.56 Å². The lowest BCUT2D eigenvalue weighted by molar-refractivity contribution is 0.210. The van der Waals surface area contributed by atoms with E-state index in [1.165, 1.54) is 0 Å². The van der Waals surface area contributed by atoms with E-state index in [0.717, 1.165) is 5.56 Å². The second-order valence-corrected chi connectivity index (χ2v) is 2.48. The summed E-state index contributed by atoms with van der Waals surface area (Å²) >= 11 is 0. The Labute approximate surface area is 75.7 Å². The van der Waals surface area contributed by atoms with Gasteiger partial charge in [-0.3, -0.25) is 5.32 Å². The number of nitrogens with two attached hydrogens (primary N) is 1. The molecular formula is C9H10N2O2. The fourth-order valence-corrected chi connectivity index (χ4v) is 0.937. The molecule has 1 aromatic rings. The maximum absolute atomic E-state index is 10.3. The van der Waals surface area contributed by atoms with E-state index in [4.69, 9.17) is 10.8 Å². The molecule has 4 nitrogen and oxygen atoms in total. The van der Waals surface area contributed by atoms with E-state index in [0.29, 0.717) is 11.4 Å². The molecule has 13 heavy (non-hydrogen) atoms. The number of nitrogen functional groups attached to an aromatic ring is 1. The van der Waals surface area contributed by atoms with Crippen molar-refractivity contribution >= 4 is 23.5 Å². The van der Waals surface area contributed by atoms with E-state index in [2.05, 4.69) is 11.9 Å². The first-order valence-electron chi connectivity index (χ1n) is 3.65. The standard InChI is InChI=1S/C9H10N2O2/c1-2-6-3-4-8(7(10)5-6)11-9(12)13/h2-5,11H,1,10H2,(H,12,13). The largest absolute Gasteiger partial charge is 0.465 e. The van der Waals surface area contributed by atoms with E-state index in [9.17, 15) is 4.79 Å². The van der Waals surface area contributed by atoms with Crippen molar-refractivity contribution in [2.75, 3.05) is 11.1 Å². The van der Waals surface area contributed by atoms with Crippen molar-refractivity contribution in [3.05, 3.63) is 30.3 Å². The third kappa shape index (κ3) is 2.23. The lowest BCUT2D eigenvalue weighted by atomic mass is 10.2. The maximum atomic E-state index is 10.3. The monoisotopic (exact) mass is 178 g/mol. The van der Waals surface area contributed by atoms with E-state index in [-0.39, 0.29) is 0 Å². The van der Waals surface area contributed by atoms with Gasteiger partial charge in [-0.15, -0.1) is 0 Å². The van der Waals surface area contributed by atoms with Gasteiger partial charge in [-0.2, -0.15) is 0 Å². The van der Waals surface area contributed by atoms with Crippen LogP contribution in [-0.4, -0.2) is 11.2 Å². The van der Waals surface area contributed by atoms with Gasteiger partial charge in [0.1, 0.15) is 0 Å². The van der Waals surface area contributed by atoms with E-state index < -0.39 is 6.09 Å². The molecule has 0 aromatic heterocycles. The van der Waals surface area contributed by atoms with E-state index in [1.54, 1.807) is 24.3 Å². The summed E-state index contributed by atoms with van der Waals surface area (Å²) < 4.78 is 0. The number of anilines is 2. The molecule has 0 bridgehead atoms. The topological polar surface area (TPSA) is 75.3 Å². The lowest BCUT2D eigenvalue weighted by Gasteiger charge is -2.05. The second-order valence-electron chi connectivity index (χ2n) is 2.48. The van der Waals surface area contributed by atoms with Crippen molar-refractivity contribution in [2.24, 2.45) is 0 Å². The van der Waals surface area contributed by atoms with Crippen LogP contribution in [0, 0.1) is 0 Å². The van der Waals surface area contributed by atoms with E-state index in [1.807, 2.05) is 0 Å². The van der Waals surface area contributed by atoms with Crippen molar-refractivity contribution in [3.63, 3.8) is 0 Å². The molecule has 0 saturated heterocycles. The van der Waals surface area contributed by atoms with Crippen LogP contribution in [0.3, 0.4) is 0 Å². The summed E-state index contributed by atoms with van der Waals surface area (Å²) in [6, 6.07) is 4.98. The van der Waals surface area contributed by atoms with Crippen molar-refractivity contribution in [2.45, 2.75) is 0 Å². The number of carboxylic acid groups (broad SMARTS) is 1. The zero-order chi connectivity index (χ0) is 9.84. The van der Waals surface area contributed by atoms with Gasteiger partial charge in [0, 0.05) is 0 Å². The number of hydrogen-bond acceptors (Lipinski definition) is 2. The quantitative estimate of drug-likeness (QED) is 0.606. The highest BCUT2D eigenvalue weighted by Gasteiger charge is 2.01. The minimum Gasteiger partial charge on any atom is -0.465 e. The number of amides is 1. The summed E-state index contributed by atoms with van der Waals surface area (Å²) in [5.74, 6) is 0. The fraction of sp³-hybridized carbons (Fsp3) is 0. The molecule has 0 unspecified atom stereocenters. The van der Waals surface area contributed by atoms with Gasteiger partial charge >= 0.3 is 6.09 Å². The van der Waals surface area contributed by atoms with E-state index >= 15 is 0 Å². The van der Waals surface area contributed by atoms with Crippen LogP contribution in [0.15, 0.2) is 24.8 Å². The Hall–Kier alpha value is -1.97. The fourth-order valence-electron chi connectivity index (χ4n) is 0.937. The molecule has 1 rings (SSSR count). The molecule has 0 saturated carbocycles. The predicted molar refractivity (Wildman–Crippen MR) is 52.6 cm³/mol. The van der Waals surface area contributed by atoms with Crippen molar-refractivity contribution in [1.82, 2.24) is 0 Å². The minimum absolute atomic E-state index is 0.387. The molecule has 0 atom stereocenters. The first kappa shape index (κ1) is 9.12. The second kappa shape index (κ2) is 3.62. The van der Waals surface area contributed by atoms with Crippen molar-refractivity contribution < 1.29 is 9.90 Å². The van der Waals surface area contributed by atoms with Crippen LogP contribution in [0.2, 0.25) is 0 Å². The van der Waals surface area contributed by atoms with Crippen LogP contribution in [0.25, 0.3) is 6.08 Å². The third-order valence-electron chi connectivity index (χ3n) is 1.55. The third-order valence-corrected chi connectivity index (χ3v) is 1.55. The number of rotatable bonds is 2. The summed E-state index contributed by atoms with van der Waals surface area (Å²) in [5, 5.41) is 10.6. The first-order chi connectivity index (χ1) is 6.13. The molecule has 4 N–H and O–H groups in total. The molecule has 0 fully saturated rings. The van der Waals surface area contributed by atoms with Crippen LogP contribution in [0.5, 0.6) is 0 Å². The normalized spacial score (nSPS) is 9.23. The predicted octanol–water partition coefficient (Wildman–Crippen LogP) is 2.00. The molecule has 0 heterocycles. The minimum atomic E-state index is -1.13. The zero-order valence-corrected chi connectivity index (χ0v) is 6.95. The van der Waals surface area contributed by atoms with Gasteiger partial charge in [-0.05, 0) is 17.7 Å². The van der Waals surface area contributed by atoms with Crippen LogP contribution < -0.4 is 11.1 Å². The molecule has 4 heteroatoms. The number of nitrogens with one attached hydrogen (secondary N) is 1. The Morgan fingerprint density at radius 1 is 1.62 bits per heavy atom. The molecule has 0 aliphatic heterocycles. The molecule has 0 aliphatic rings. The zero-order valence-electron chi connectivity index (χ0n) is 6.95. The van der Waals surface area contributed by atoms with Crippen molar-refractivity contribution in [1.29, 1.82) is 0 Å². The summed E-state index contributed by atoms with van der Waals surface area (Å²) in [6.45, 7) is 3.57. The van der Waals surface area contributed by atoms with Crippen LogP contribution in [-0.2, 0) is 0 Å². The SMILES string of the molecule is C=Cc1ccc(NC(=O)O)c(N)c1. The Morgan fingerprint density at radius 3 is 2.77 bits per heavy atom. The van der Waals surface area contributed by atoms with Gasteiger partial charge in [-0.25, -0.2) is 4.79 Å². The van der Waals surface area contributed by atoms with Gasteiger partial charge in [0.15, 0.2) is 0 Å². The smallest absolute Gasteiger partial charge is 0.409 e. The summed E-state index contributed by atoms with van der Waals surface area (Å²) in [4.78, 5) is 10.3. The molecule has 0 aliphatic carbocycles. The highest BCUT2D eigenvalue weighted by atomic mass is 16.4. The van der Waals surface area contributed by atoms with Gasteiger partial charge in [0.2, 0.25) is 0 Å². The maximum Gasteiger partial charge on any atom is 0.409 e. The molecule has 1 amide bonds. The molecule has 1 aromatic carbocycles. The van der Waals surface area contributed by atoms with Gasteiger partial charge < -0.3 is 10.8 Å². The Morgan fingerprint density at radius 2 is 2.31 bits per heavy atom. The molecule has 0 spiro atoms. The Bertz CT molecular complexity index is 347. The number of carbonyl (C=O) groups is 1. The lowest BCUT2D eigenvalue weighted by Crippen LogP contribution is -2.09. The van der Waals surface area contributed by atoms with Crippen LogP contribution in [0.4, 0.5) is 16.2 Å². The molecular weight excluding hydrogens is 168 g/mol. The van der Waals surface area contributed by atoms with Gasteiger partial charge in [0.05, 0.1) is 11.4 Å². The number of hydrogen-bond donors (Lipinski definition) is 3. The van der Waals surface area contributed by atoms with Gasteiger partial charge in [0.25, 0.3) is 0 Å². The molecule has 68 valence electrons. The molecule has 0 radical (unpaired) electrons. The average Bonchev–Trinajstić information content (AvgIpc) is 2.08. The summed E-state index contributed by atoms with van der Waals surface area (Å²) in [6.07, 6.45) is 0.513. The highest BCUT2D eigenvalue weighted by Crippen LogP contribution is 2.20. The first-order valence-corrected chi connectivity index (χ1v) is 3.65. The van der Waals surface area contributed by atoms with Crippen molar-refractivity contribution in [3.8, 4) is 0 Å². The summed E-state index contributed by atoms with van der Waals surface area (Å²) in [7, 11) is 0.